The molecule has 0 aromatic heterocycles. The summed E-state index contributed by atoms with van der Waals surface area (Å²) in [6.07, 6.45) is 2.76. The van der Waals surface area contributed by atoms with E-state index in [9.17, 15) is 9.59 Å². The summed E-state index contributed by atoms with van der Waals surface area (Å²) in [6, 6.07) is 6.96. The molecule has 0 saturated heterocycles. The lowest BCUT2D eigenvalue weighted by atomic mass is 10.2. The van der Waals surface area contributed by atoms with Crippen LogP contribution in [0.15, 0.2) is 24.3 Å². The molecule has 0 heterocycles. The maximum atomic E-state index is 11.9. The van der Waals surface area contributed by atoms with E-state index in [0.29, 0.717) is 25.3 Å². The van der Waals surface area contributed by atoms with Crippen molar-refractivity contribution in [2.24, 2.45) is 5.92 Å². The summed E-state index contributed by atoms with van der Waals surface area (Å²) in [5, 5.41) is 5.69. The molecule has 0 bridgehead atoms. The summed E-state index contributed by atoms with van der Waals surface area (Å²) in [4.78, 5) is 23.5. The predicted octanol–water partition coefficient (Wildman–Crippen LogP) is 2.19. The van der Waals surface area contributed by atoms with E-state index < -0.39 is 0 Å². The van der Waals surface area contributed by atoms with Gasteiger partial charge < -0.3 is 15.4 Å². The molecule has 5 nitrogen and oxygen atoms in total. The van der Waals surface area contributed by atoms with Gasteiger partial charge in [0.05, 0.1) is 0 Å². The van der Waals surface area contributed by atoms with Crippen molar-refractivity contribution in [3.05, 3.63) is 29.8 Å². The highest BCUT2D eigenvalue weighted by Crippen LogP contribution is 2.30. The van der Waals surface area contributed by atoms with Crippen LogP contribution < -0.4 is 10.6 Å². The van der Waals surface area contributed by atoms with Crippen molar-refractivity contribution < 1.29 is 14.3 Å². The number of carbonyl (C=O) groups is 2. The molecule has 1 fully saturated rings. The van der Waals surface area contributed by atoms with Gasteiger partial charge in [0.15, 0.2) is 0 Å². The first-order chi connectivity index (χ1) is 10.2. The van der Waals surface area contributed by atoms with Gasteiger partial charge in [0.25, 0.3) is 5.91 Å². The molecule has 1 aromatic rings. The SMILES string of the molecule is CCOCCCNC(=O)c1ccc(NC(=O)C2CC2)cc1. The zero-order valence-corrected chi connectivity index (χ0v) is 12.4. The molecule has 1 aromatic carbocycles. The summed E-state index contributed by atoms with van der Waals surface area (Å²) in [7, 11) is 0. The Morgan fingerprint density at radius 1 is 1.24 bits per heavy atom. The molecule has 114 valence electrons. The highest BCUT2D eigenvalue weighted by Gasteiger charge is 2.29. The molecular weight excluding hydrogens is 268 g/mol. The summed E-state index contributed by atoms with van der Waals surface area (Å²) in [6.45, 7) is 3.89. The van der Waals surface area contributed by atoms with E-state index in [4.69, 9.17) is 4.74 Å². The molecular formula is C16H22N2O3. The second-order valence-electron chi connectivity index (χ2n) is 5.15. The predicted molar refractivity (Wildman–Crippen MR) is 81.2 cm³/mol. The maximum absolute atomic E-state index is 11.9. The lowest BCUT2D eigenvalue weighted by Gasteiger charge is -2.07. The van der Waals surface area contributed by atoms with Crippen LogP contribution in [0.2, 0.25) is 0 Å². The smallest absolute Gasteiger partial charge is 0.251 e. The molecule has 0 radical (unpaired) electrons. The summed E-state index contributed by atoms with van der Waals surface area (Å²) < 4.78 is 5.21. The van der Waals surface area contributed by atoms with Crippen LogP contribution in [-0.4, -0.2) is 31.6 Å². The highest BCUT2D eigenvalue weighted by molar-refractivity contribution is 5.96. The van der Waals surface area contributed by atoms with E-state index >= 15 is 0 Å². The van der Waals surface area contributed by atoms with Crippen LogP contribution in [0.5, 0.6) is 0 Å². The Balaban J connectivity index is 1.75. The molecule has 2 N–H and O–H groups in total. The Labute approximate surface area is 125 Å². The van der Waals surface area contributed by atoms with Gasteiger partial charge >= 0.3 is 0 Å². The quantitative estimate of drug-likeness (QED) is 0.721. The number of anilines is 1. The van der Waals surface area contributed by atoms with E-state index in [0.717, 1.165) is 24.9 Å². The summed E-state index contributed by atoms with van der Waals surface area (Å²) >= 11 is 0. The molecule has 2 rings (SSSR count). The van der Waals surface area contributed by atoms with Gasteiger partial charge in [-0.05, 0) is 50.5 Å². The molecule has 2 amide bonds. The Kier molecular flexibility index (Phi) is 5.75. The van der Waals surface area contributed by atoms with Crippen molar-refractivity contribution in [2.75, 3.05) is 25.1 Å². The van der Waals surface area contributed by atoms with Crippen LogP contribution in [0, 0.1) is 5.92 Å². The minimum absolute atomic E-state index is 0.0723. The third-order valence-electron chi connectivity index (χ3n) is 3.32. The first kappa shape index (κ1) is 15.5. The number of carbonyl (C=O) groups excluding carboxylic acids is 2. The highest BCUT2D eigenvalue weighted by atomic mass is 16.5. The number of hydrogen-bond acceptors (Lipinski definition) is 3. The first-order valence-corrected chi connectivity index (χ1v) is 7.47. The van der Waals surface area contributed by atoms with Gasteiger partial charge in [-0.3, -0.25) is 9.59 Å². The number of rotatable bonds is 8. The second kappa shape index (κ2) is 7.78. The maximum Gasteiger partial charge on any atom is 0.251 e. The molecule has 5 heteroatoms. The molecule has 0 atom stereocenters. The minimum Gasteiger partial charge on any atom is -0.382 e. The Morgan fingerprint density at radius 2 is 1.95 bits per heavy atom. The van der Waals surface area contributed by atoms with Crippen molar-refractivity contribution >= 4 is 17.5 Å². The normalized spacial score (nSPS) is 13.8. The number of nitrogens with one attached hydrogen (secondary N) is 2. The zero-order chi connectivity index (χ0) is 15.1. The van der Waals surface area contributed by atoms with Gasteiger partial charge in [-0.25, -0.2) is 0 Å². The number of ether oxygens (including phenoxy) is 1. The molecule has 0 aliphatic heterocycles. The third kappa shape index (κ3) is 5.19. The van der Waals surface area contributed by atoms with Crippen molar-refractivity contribution in [1.29, 1.82) is 0 Å². The van der Waals surface area contributed by atoms with Crippen molar-refractivity contribution in [3.8, 4) is 0 Å². The minimum atomic E-state index is -0.105. The Hall–Kier alpha value is -1.88. The molecule has 0 unspecified atom stereocenters. The molecule has 1 saturated carbocycles. The van der Waals surface area contributed by atoms with Crippen molar-refractivity contribution in [1.82, 2.24) is 5.32 Å². The van der Waals surface area contributed by atoms with E-state index in [-0.39, 0.29) is 17.7 Å². The van der Waals surface area contributed by atoms with Crippen LogP contribution in [0.1, 0.15) is 36.5 Å². The monoisotopic (exact) mass is 290 g/mol. The first-order valence-electron chi connectivity index (χ1n) is 7.47. The molecule has 0 spiro atoms. The van der Waals surface area contributed by atoms with Gasteiger partial charge in [0, 0.05) is 36.9 Å². The lowest BCUT2D eigenvalue weighted by Crippen LogP contribution is -2.25. The Morgan fingerprint density at radius 3 is 2.57 bits per heavy atom. The average molecular weight is 290 g/mol. The van der Waals surface area contributed by atoms with Gasteiger partial charge in [-0.1, -0.05) is 0 Å². The summed E-state index contributed by atoms with van der Waals surface area (Å²) in [5.74, 6) is 0.146. The van der Waals surface area contributed by atoms with E-state index in [1.807, 2.05) is 6.92 Å². The lowest BCUT2D eigenvalue weighted by molar-refractivity contribution is -0.117. The molecule has 1 aliphatic carbocycles. The second-order valence-corrected chi connectivity index (χ2v) is 5.15. The fraction of sp³-hybridized carbons (Fsp3) is 0.500. The molecule has 1 aliphatic rings. The fourth-order valence-electron chi connectivity index (χ4n) is 1.92. The zero-order valence-electron chi connectivity index (χ0n) is 12.4. The number of benzene rings is 1. The van der Waals surface area contributed by atoms with Crippen LogP contribution in [0.25, 0.3) is 0 Å². The van der Waals surface area contributed by atoms with Gasteiger partial charge in [0.1, 0.15) is 0 Å². The van der Waals surface area contributed by atoms with Crippen molar-refractivity contribution in [3.63, 3.8) is 0 Å². The summed E-state index contributed by atoms with van der Waals surface area (Å²) in [5.41, 5.74) is 1.33. The average Bonchev–Trinajstić information content (AvgIpc) is 3.32. The third-order valence-corrected chi connectivity index (χ3v) is 3.32. The topological polar surface area (TPSA) is 67.4 Å². The number of amides is 2. The van der Waals surface area contributed by atoms with Gasteiger partial charge in [-0.15, -0.1) is 0 Å². The van der Waals surface area contributed by atoms with Crippen LogP contribution in [0.4, 0.5) is 5.69 Å². The number of hydrogen-bond donors (Lipinski definition) is 2. The van der Waals surface area contributed by atoms with Crippen LogP contribution in [-0.2, 0) is 9.53 Å². The Bertz CT molecular complexity index is 481. The van der Waals surface area contributed by atoms with Crippen LogP contribution in [0.3, 0.4) is 0 Å². The van der Waals surface area contributed by atoms with E-state index in [2.05, 4.69) is 10.6 Å². The van der Waals surface area contributed by atoms with E-state index in [1.165, 1.54) is 0 Å². The standard InChI is InChI=1S/C16H22N2O3/c1-2-21-11-3-10-17-15(19)12-6-8-14(9-7-12)18-16(20)13-4-5-13/h6-9,13H,2-5,10-11H2,1H3,(H,17,19)(H,18,20). The van der Waals surface area contributed by atoms with Crippen LogP contribution >= 0.6 is 0 Å². The van der Waals surface area contributed by atoms with Gasteiger partial charge in [-0.2, -0.15) is 0 Å². The fourth-order valence-corrected chi connectivity index (χ4v) is 1.92. The van der Waals surface area contributed by atoms with E-state index in [1.54, 1.807) is 24.3 Å². The van der Waals surface area contributed by atoms with Gasteiger partial charge in [0.2, 0.25) is 5.91 Å². The molecule has 21 heavy (non-hydrogen) atoms. The largest absolute Gasteiger partial charge is 0.382 e. The van der Waals surface area contributed by atoms with Crippen molar-refractivity contribution in [2.45, 2.75) is 26.2 Å².